The Bertz CT molecular complexity index is 1630. The van der Waals surface area contributed by atoms with Crippen LogP contribution in [-0.2, 0) is 6.54 Å². The maximum Gasteiger partial charge on any atom is 0.321 e. The summed E-state index contributed by atoms with van der Waals surface area (Å²) in [6, 6.07) is 19.0. The van der Waals surface area contributed by atoms with E-state index in [2.05, 4.69) is 44.0 Å². The molecule has 1 fully saturated rings. The van der Waals surface area contributed by atoms with Crippen LogP contribution in [0.3, 0.4) is 0 Å². The summed E-state index contributed by atoms with van der Waals surface area (Å²) in [6.07, 6.45) is 7.90. The summed E-state index contributed by atoms with van der Waals surface area (Å²) in [6.45, 7) is 5.23. The van der Waals surface area contributed by atoms with Crippen molar-refractivity contribution in [3.05, 3.63) is 112 Å². The van der Waals surface area contributed by atoms with Crippen LogP contribution in [0.2, 0.25) is 5.02 Å². The topological polar surface area (TPSA) is 90.1 Å². The fraction of sp³-hybridized carbons (Fsp3) is 0.226. The first-order valence-corrected chi connectivity index (χ1v) is 13.6. The predicted molar refractivity (Wildman–Crippen MR) is 156 cm³/mol. The molecule has 0 radical (unpaired) electrons. The summed E-state index contributed by atoms with van der Waals surface area (Å²) < 4.78 is 2.14. The Hall–Kier alpha value is -4.45. The zero-order valence-corrected chi connectivity index (χ0v) is 22.8. The number of nitriles is 1. The van der Waals surface area contributed by atoms with Crippen molar-refractivity contribution in [1.82, 2.24) is 24.3 Å². The number of urea groups is 1. The number of piperazine rings is 1. The number of hydrogen-bond donors (Lipinski definition) is 1. The number of nitrogens with zero attached hydrogens (tertiary/aromatic N) is 6. The van der Waals surface area contributed by atoms with Gasteiger partial charge in [-0.15, -0.1) is 0 Å². The molecular weight excluding hydrogens is 522 g/mol. The van der Waals surface area contributed by atoms with Crippen molar-refractivity contribution < 1.29 is 4.79 Å². The average Bonchev–Trinajstić information content (AvgIpc) is 3.32. The van der Waals surface area contributed by atoms with E-state index < -0.39 is 0 Å². The van der Waals surface area contributed by atoms with Crippen LogP contribution in [0.4, 0.5) is 10.5 Å². The van der Waals surface area contributed by atoms with E-state index in [-0.39, 0.29) is 12.1 Å². The Kier molecular flexibility index (Phi) is 7.08. The average molecular weight is 550 g/mol. The van der Waals surface area contributed by atoms with Crippen LogP contribution < -0.4 is 5.32 Å². The number of anilines is 1. The van der Waals surface area contributed by atoms with E-state index in [1.54, 1.807) is 24.3 Å². The molecule has 2 aromatic heterocycles. The number of aromatic nitrogens is 3. The van der Waals surface area contributed by atoms with Crippen LogP contribution in [-0.4, -0.2) is 56.5 Å². The number of amides is 2. The minimum absolute atomic E-state index is 0.0789. The summed E-state index contributed by atoms with van der Waals surface area (Å²) >= 11 is 6.49. The summed E-state index contributed by atoms with van der Waals surface area (Å²) in [5.74, 6) is 0.953. The van der Waals surface area contributed by atoms with Gasteiger partial charge in [-0.3, -0.25) is 9.88 Å². The Morgan fingerprint density at radius 1 is 1.07 bits per heavy atom. The summed E-state index contributed by atoms with van der Waals surface area (Å²) in [4.78, 5) is 26.6. The quantitative estimate of drug-likeness (QED) is 0.357. The predicted octanol–water partition coefficient (Wildman–Crippen LogP) is 5.60. The lowest BCUT2D eigenvalue weighted by atomic mass is 9.95. The van der Waals surface area contributed by atoms with Gasteiger partial charge in [0.05, 0.1) is 23.4 Å². The molecular formula is C31H28ClN7O. The molecule has 2 aromatic carbocycles. The molecule has 1 saturated heterocycles. The highest BCUT2D eigenvalue weighted by atomic mass is 35.5. The number of halogens is 1. The molecule has 2 amide bonds. The van der Waals surface area contributed by atoms with Crippen molar-refractivity contribution in [2.24, 2.45) is 0 Å². The molecule has 0 spiro atoms. The first-order valence-electron chi connectivity index (χ1n) is 13.2. The van der Waals surface area contributed by atoms with Crippen molar-refractivity contribution in [2.45, 2.75) is 19.5 Å². The Labute approximate surface area is 238 Å². The van der Waals surface area contributed by atoms with Crippen molar-refractivity contribution in [3.63, 3.8) is 0 Å². The molecule has 3 heterocycles. The number of imidazole rings is 1. The second-order valence-corrected chi connectivity index (χ2v) is 10.5. The Morgan fingerprint density at radius 2 is 1.88 bits per heavy atom. The van der Waals surface area contributed by atoms with E-state index >= 15 is 0 Å². The molecule has 1 aliphatic carbocycles. The molecule has 1 aliphatic heterocycles. The Balaban J connectivity index is 1.27. The first kappa shape index (κ1) is 25.8. The highest BCUT2D eigenvalue weighted by Gasteiger charge is 2.33. The lowest BCUT2D eigenvalue weighted by molar-refractivity contribution is 0.125. The van der Waals surface area contributed by atoms with Gasteiger partial charge in [-0.2, -0.15) is 5.26 Å². The third-order valence-electron chi connectivity index (χ3n) is 7.61. The molecule has 0 saturated carbocycles. The molecule has 9 heteroatoms. The fourth-order valence-electron chi connectivity index (χ4n) is 5.51. The number of nitrogens with one attached hydrogen (secondary N) is 1. The highest BCUT2D eigenvalue weighted by Crippen LogP contribution is 2.40. The monoisotopic (exact) mass is 549 g/mol. The zero-order chi connectivity index (χ0) is 27.6. The van der Waals surface area contributed by atoms with Crippen LogP contribution in [0.1, 0.15) is 39.8 Å². The molecule has 1 N–H and O–H groups in total. The SMILES string of the molecule is Cc1nccn1CC1=Cc2cc(Cl)ccc2C(N2CCN(C(=O)Nc3ccc(C#N)cc3)CC2)c2ncccc21. The van der Waals surface area contributed by atoms with Crippen LogP contribution >= 0.6 is 11.6 Å². The van der Waals surface area contributed by atoms with Gasteiger partial charge in [0, 0.05) is 67.6 Å². The number of benzene rings is 2. The number of carbonyl (C=O) groups is 1. The maximum absolute atomic E-state index is 13.0. The maximum atomic E-state index is 13.0. The molecule has 40 heavy (non-hydrogen) atoms. The van der Waals surface area contributed by atoms with Crippen molar-refractivity contribution in [3.8, 4) is 6.07 Å². The van der Waals surface area contributed by atoms with E-state index in [1.807, 2.05) is 48.6 Å². The van der Waals surface area contributed by atoms with Crippen molar-refractivity contribution in [2.75, 3.05) is 31.5 Å². The van der Waals surface area contributed by atoms with Gasteiger partial charge in [0.15, 0.2) is 0 Å². The van der Waals surface area contributed by atoms with Crippen molar-refractivity contribution >= 4 is 35.0 Å². The Morgan fingerprint density at radius 3 is 2.60 bits per heavy atom. The molecule has 0 bridgehead atoms. The lowest BCUT2D eigenvalue weighted by Gasteiger charge is -2.39. The minimum atomic E-state index is -0.143. The van der Waals surface area contributed by atoms with Gasteiger partial charge in [0.2, 0.25) is 0 Å². The first-order chi connectivity index (χ1) is 19.5. The third kappa shape index (κ3) is 5.09. The highest BCUT2D eigenvalue weighted by molar-refractivity contribution is 6.30. The number of allylic oxidation sites excluding steroid dienone is 1. The number of fused-ring (bicyclic) bond motifs is 2. The lowest BCUT2D eigenvalue weighted by Crippen LogP contribution is -2.51. The second-order valence-electron chi connectivity index (χ2n) is 10.0. The molecule has 2 aliphatic rings. The number of carbonyl (C=O) groups excluding carboxylic acids is 1. The van der Waals surface area contributed by atoms with Gasteiger partial charge < -0.3 is 14.8 Å². The molecule has 6 rings (SSSR count). The van der Waals surface area contributed by atoms with Crippen LogP contribution in [0, 0.1) is 18.3 Å². The second kappa shape index (κ2) is 11.0. The van der Waals surface area contributed by atoms with E-state index in [0.717, 1.165) is 33.8 Å². The molecule has 8 nitrogen and oxygen atoms in total. The van der Waals surface area contributed by atoms with Gasteiger partial charge in [-0.1, -0.05) is 23.7 Å². The zero-order valence-electron chi connectivity index (χ0n) is 22.1. The van der Waals surface area contributed by atoms with Gasteiger partial charge in [0.25, 0.3) is 0 Å². The molecule has 200 valence electrons. The summed E-state index contributed by atoms with van der Waals surface area (Å²) in [5, 5.41) is 12.7. The number of aryl methyl sites for hydroxylation is 1. The van der Waals surface area contributed by atoms with Crippen molar-refractivity contribution in [1.29, 1.82) is 5.26 Å². The number of hydrogen-bond acceptors (Lipinski definition) is 5. The number of rotatable bonds is 4. The van der Waals surface area contributed by atoms with Crippen LogP contribution in [0.5, 0.6) is 0 Å². The largest absolute Gasteiger partial charge is 0.331 e. The number of pyridine rings is 1. The fourth-order valence-corrected chi connectivity index (χ4v) is 5.69. The minimum Gasteiger partial charge on any atom is -0.331 e. The van der Waals surface area contributed by atoms with Gasteiger partial charge >= 0.3 is 6.03 Å². The molecule has 4 aromatic rings. The normalized spacial score (nSPS) is 16.8. The summed E-state index contributed by atoms with van der Waals surface area (Å²) in [5.41, 5.74) is 6.71. The van der Waals surface area contributed by atoms with E-state index in [0.29, 0.717) is 49.0 Å². The van der Waals surface area contributed by atoms with Crippen LogP contribution in [0.15, 0.2) is 73.2 Å². The third-order valence-corrected chi connectivity index (χ3v) is 7.85. The summed E-state index contributed by atoms with van der Waals surface area (Å²) in [7, 11) is 0. The molecule has 1 unspecified atom stereocenters. The van der Waals surface area contributed by atoms with Gasteiger partial charge in [-0.05, 0) is 72.2 Å². The smallest absolute Gasteiger partial charge is 0.321 e. The van der Waals surface area contributed by atoms with Gasteiger partial charge in [-0.25, -0.2) is 9.78 Å². The van der Waals surface area contributed by atoms with E-state index in [9.17, 15) is 4.79 Å². The standard InChI is InChI=1S/C31H28ClN7O/c1-21-34-11-12-39(21)20-24-17-23-18-25(32)6-9-28(23)30(29-27(24)3-2-10-35-29)37-13-15-38(16-14-37)31(40)36-26-7-4-22(19-33)5-8-26/h2-12,17-18,30H,13-16,20H2,1H3,(H,36,40). The van der Waals surface area contributed by atoms with Gasteiger partial charge in [0.1, 0.15) is 5.82 Å². The van der Waals surface area contributed by atoms with E-state index in [4.69, 9.17) is 21.8 Å². The van der Waals surface area contributed by atoms with E-state index in [1.165, 1.54) is 0 Å². The van der Waals surface area contributed by atoms with Crippen LogP contribution in [0.25, 0.3) is 11.6 Å². The molecule has 1 atom stereocenters.